The highest BCUT2D eigenvalue weighted by Gasteiger charge is 2.35. The summed E-state index contributed by atoms with van der Waals surface area (Å²) in [5.74, 6) is 0.472. The first-order valence-electron chi connectivity index (χ1n) is 14.2. The van der Waals surface area contributed by atoms with Crippen molar-refractivity contribution in [1.82, 2.24) is 34.8 Å². The summed E-state index contributed by atoms with van der Waals surface area (Å²) in [6.45, 7) is 1.72. The normalized spacial score (nSPS) is 16.1. The molecule has 2 aromatic heterocycles. The SMILES string of the molecule is Cc1cc(Nc2nccn3c(-c4ccc(OC(F)F)cc4)cnc23)ccc1C(=O)N1CCN(C(=O)NCC2(O)CNC2)CC1. The van der Waals surface area contributed by atoms with Crippen molar-refractivity contribution < 1.29 is 28.2 Å². The lowest BCUT2D eigenvalue weighted by molar-refractivity contribution is -0.0498. The van der Waals surface area contributed by atoms with Gasteiger partial charge in [0, 0.05) is 68.5 Å². The van der Waals surface area contributed by atoms with Gasteiger partial charge in [0.25, 0.3) is 5.91 Å². The highest BCUT2D eigenvalue weighted by atomic mass is 19.3. The number of carbonyl (C=O) groups is 2. The number of benzene rings is 2. The molecular weight excluding hydrogens is 574 g/mol. The van der Waals surface area contributed by atoms with E-state index in [1.165, 1.54) is 12.1 Å². The zero-order chi connectivity index (χ0) is 30.8. The third-order valence-electron chi connectivity index (χ3n) is 7.85. The van der Waals surface area contributed by atoms with Gasteiger partial charge in [-0.3, -0.25) is 9.20 Å². The lowest BCUT2D eigenvalue weighted by Gasteiger charge is -2.39. The maximum Gasteiger partial charge on any atom is 0.387 e. The average molecular weight is 607 g/mol. The summed E-state index contributed by atoms with van der Waals surface area (Å²) in [6.07, 6.45) is 5.07. The van der Waals surface area contributed by atoms with Gasteiger partial charge in [0.15, 0.2) is 11.5 Å². The van der Waals surface area contributed by atoms with Gasteiger partial charge in [-0.05, 0) is 55.0 Å². The van der Waals surface area contributed by atoms with Gasteiger partial charge in [0.1, 0.15) is 11.4 Å². The molecule has 12 nitrogen and oxygen atoms in total. The number of urea groups is 1. The van der Waals surface area contributed by atoms with Gasteiger partial charge in [-0.2, -0.15) is 8.78 Å². The van der Waals surface area contributed by atoms with Gasteiger partial charge in [-0.25, -0.2) is 14.8 Å². The van der Waals surface area contributed by atoms with E-state index in [4.69, 9.17) is 0 Å². The van der Waals surface area contributed by atoms with Crippen molar-refractivity contribution in [3.05, 3.63) is 72.2 Å². The van der Waals surface area contributed by atoms with Crippen LogP contribution in [-0.2, 0) is 0 Å². The molecule has 3 amide bonds. The Bertz CT molecular complexity index is 1670. The molecule has 2 aliphatic heterocycles. The summed E-state index contributed by atoms with van der Waals surface area (Å²) in [4.78, 5) is 38.2. The molecule has 0 aliphatic carbocycles. The van der Waals surface area contributed by atoms with Gasteiger partial charge in [-0.15, -0.1) is 0 Å². The molecule has 2 aliphatic rings. The van der Waals surface area contributed by atoms with Crippen LogP contribution in [0.3, 0.4) is 0 Å². The Labute approximate surface area is 251 Å². The van der Waals surface area contributed by atoms with Crippen LogP contribution in [0.1, 0.15) is 15.9 Å². The summed E-state index contributed by atoms with van der Waals surface area (Å²) >= 11 is 0. The predicted molar refractivity (Wildman–Crippen MR) is 158 cm³/mol. The highest BCUT2D eigenvalue weighted by Crippen LogP contribution is 2.28. The second kappa shape index (κ2) is 12.1. The number of piperazine rings is 1. The van der Waals surface area contributed by atoms with Crippen molar-refractivity contribution in [2.75, 3.05) is 51.1 Å². The zero-order valence-corrected chi connectivity index (χ0v) is 24.0. The van der Waals surface area contributed by atoms with Crippen molar-refractivity contribution in [2.24, 2.45) is 0 Å². The van der Waals surface area contributed by atoms with Crippen LogP contribution >= 0.6 is 0 Å². The Morgan fingerprint density at radius 1 is 1.07 bits per heavy atom. The van der Waals surface area contributed by atoms with Crippen LogP contribution in [0.5, 0.6) is 5.75 Å². The van der Waals surface area contributed by atoms with Crippen LogP contribution in [-0.4, -0.2) is 99.2 Å². The minimum atomic E-state index is -2.89. The number of nitrogens with zero attached hydrogens (tertiary/aromatic N) is 5. The van der Waals surface area contributed by atoms with Gasteiger partial charge in [0.2, 0.25) is 0 Å². The molecule has 0 spiro atoms. The van der Waals surface area contributed by atoms with E-state index in [9.17, 15) is 23.5 Å². The monoisotopic (exact) mass is 606 g/mol. The number of carbonyl (C=O) groups excluding carboxylic acids is 2. The maximum absolute atomic E-state index is 13.3. The van der Waals surface area contributed by atoms with Crippen LogP contribution in [0.25, 0.3) is 16.9 Å². The van der Waals surface area contributed by atoms with E-state index in [1.807, 2.05) is 17.4 Å². The number of amides is 3. The molecule has 0 saturated carbocycles. The second-order valence-electron chi connectivity index (χ2n) is 10.9. The Morgan fingerprint density at radius 2 is 1.80 bits per heavy atom. The number of imidazole rings is 1. The van der Waals surface area contributed by atoms with Crippen LogP contribution in [0.15, 0.2) is 61.1 Å². The molecule has 0 atom stereocenters. The summed E-state index contributed by atoms with van der Waals surface area (Å²) in [5, 5.41) is 19.2. The highest BCUT2D eigenvalue weighted by molar-refractivity contribution is 5.96. The number of aryl methyl sites for hydroxylation is 1. The van der Waals surface area contributed by atoms with E-state index in [-0.39, 0.29) is 24.2 Å². The number of fused-ring (bicyclic) bond motifs is 1. The van der Waals surface area contributed by atoms with Crippen LogP contribution < -0.4 is 20.7 Å². The molecule has 2 saturated heterocycles. The third-order valence-corrected chi connectivity index (χ3v) is 7.85. The number of hydrogen-bond donors (Lipinski definition) is 4. The topological polar surface area (TPSA) is 136 Å². The Hall–Kier alpha value is -4.82. The number of ether oxygens (including phenoxy) is 1. The van der Waals surface area contributed by atoms with E-state index in [2.05, 4.69) is 30.7 Å². The number of alkyl halides is 2. The fourth-order valence-corrected chi connectivity index (χ4v) is 5.32. The first kappa shape index (κ1) is 29.3. The lowest BCUT2D eigenvalue weighted by Crippen LogP contribution is -2.65. The van der Waals surface area contributed by atoms with E-state index in [1.54, 1.807) is 52.7 Å². The third kappa shape index (κ3) is 6.12. The Morgan fingerprint density at radius 3 is 2.45 bits per heavy atom. The fraction of sp³-hybridized carbons (Fsp3) is 0.333. The molecule has 4 heterocycles. The smallest absolute Gasteiger partial charge is 0.387 e. The molecule has 0 radical (unpaired) electrons. The lowest BCUT2D eigenvalue weighted by atomic mass is 9.98. The number of β-amino-alcohol motifs (C(OH)–C–C–N with tert-alkyl or cyclic N) is 1. The largest absolute Gasteiger partial charge is 0.435 e. The minimum absolute atomic E-state index is 0.0717. The number of aromatic nitrogens is 3. The average Bonchev–Trinajstić information content (AvgIpc) is 3.44. The van der Waals surface area contributed by atoms with Crippen molar-refractivity contribution >= 4 is 29.1 Å². The molecule has 230 valence electrons. The van der Waals surface area contributed by atoms with Gasteiger partial charge in [-0.1, -0.05) is 0 Å². The molecule has 4 aromatic rings. The standard InChI is InChI=1S/C30H32F2N8O4/c1-19-14-21(4-7-23(19)27(41)38-10-12-39(13-11-38)29(42)36-18-30(43)16-33-17-30)37-25-26-35-15-24(40(26)9-8-34-25)20-2-5-22(6-3-20)44-28(31)32/h2-9,14-15,28,33,43H,10-13,16-18H2,1H3,(H,34,37)(H,36,42). The molecule has 0 bridgehead atoms. The first-order valence-corrected chi connectivity index (χ1v) is 14.2. The maximum atomic E-state index is 13.3. The molecule has 6 rings (SSSR count). The number of aliphatic hydroxyl groups is 1. The molecule has 4 N–H and O–H groups in total. The van der Waals surface area contributed by atoms with Crippen molar-refractivity contribution in [3.63, 3.8) is 0 Å². The molecule has 44 heavy (non-hydrogen) atoms. The van der Waals surface area contributed by atoms with Crippen molar-refractivity contribution in [3.8, 4) is 17.0 Å². The number of rotatable bonds is 8. The quantitative estimate of drug-likeness (QED) is 0.241. The summed E-state index contributed by atoms with van der Waals surface area (Å²) in [7, 11) is 0. The molecule has 14 heteroatoms. The van der Waals surface area contributed by atoms with Crippen molar-refractivity contribution in [2.45, 2.75) is 19.1 Å². The number of hydrogen-bond acceptors (Lipinski definition) is 8. The van der Waals surface area contributed by atoms with E-state index >= 15 is 0 Å². The zero-order valence-electron chi connectivity index (χ0n) is 24.0. The number of anilines is 2. The van der Waals surface area contributed by atoms with Crippen molar-refractivity contribution in [1.29, 1.82) is 0 Å². The summed E-state index contributed by atoms with van der Waals surface area (Å²) in [5.41, 5.74) is 3.26. The molecule has 2 fully saturated rings. The van der Waals surface area contributed by atoms with Crippen LogP contribution in [0.4, 0.5) is 25.1 Å². The summed E-state index contributed by atoms with van der Waals surface area (Å²) in [6, 6.07) is 11.5. The minimum Gasteiger partial charge on any atom is -0.435 e. The fourth-order valence-electron chi connectivity index (χ4n) is 5.32. The van der Waals surface area contributed by atoms with Gasteiger partial charge >= 0.3 is 12.6 Å². The Kier molecular flexibility index (Phi) is 8.01. The predicted octanol–water partition coefficient (Wildman–Crippen LogP) is 2.85. The van der Waals surface area contributed by atoms with E-state index in [0.29, 0.717) is 56.3 Å². The van der Waals surface area contributed by atoms with Gasteiger partial charge in [0.05, 0.1) is 18.4 Å². The van der Waals surface area contributed by atoms with E-state index < -0.39 is 12.2 Å². The summed E-state index contributed by atoms with van der Waals surface area (Å²) < 4.78 is 31.3. The van der Waals surface area contributed by atoms with E-state index in [0.717, 1.165) is 22.5 Å². The first-order chi connectivity index (χ1) is 21.2. The molecular formula is C30H32F2N8O4. The number of halogens is 2. The van der Waals surface area contributed by atoms with Crippen LogP contribution in [0.2, 0.25) is 0 Å². The Balaban J connectivity index is 1.09. The molecule has 2 aromatic carbocycles. The second-order valence-corrected chi connectivity index (χ2v) is 10.9. The number of nitrogens with one attached hydrogen (secondary N) is 3. The molecule has 0 unspecified atom stereocenters. The van der Waals surface area contributed by atoms with Gasteiger partial charge < -0.3 is 35.6 Å². The van der Waals surface area contributed by atoms with Crippen LogP contribution in [0, 0.1) is 6.92 Å².